The Labute approximate surface area is 125 Å². The molecular formula is C15H23N5O. The van der Waals surface area contributed by atoms with E-state index in [9.17, 15) is 0 Å². The molecular weight excluding hydrogens is 266 g/mol. The Hall–Kier alpha value is -1.95. The summed E-state index contributed by atoms with van der Waals surface area (Å²) in [5, 5.41) is 4.00. The van der Waals surface area contributed by atoms with Gasteiger partial charge in [0, 0.05) is 37.8 Å². The van der Waals surface area contributed by atoms with Crippen LogP contribution in [0.15, 0.2) is 22.9 Å². The maximum Gasteiger partial charge on any atom is 0.258 e. The topological polar surface area (TPSA) is 58.3 Å². The predicted octanol–water partition coefficient (Wildman–Crippen LogP) is 2.25. The number of nitrogens with zero attached hydrogens (tertiary/aromatic N) is 5. The average Bonchev–Trinajstić information content (AvgIpc) is 2.95. The zero-order valence-corrected chi connectivity index (χ0v) is 13.4. The summed E-state index contributed by atoms with van der Waals surface area (Å²) in [5.41, 5.74) is 0.899. The van der Waals surface area contributed by atoms with E-state index in [1.54, 1.807) is 6.20 Å². The minimum absolute atomic E-state index is 0.256. The SMILES string of the molecule is CC(C)c1noc(-c2ccnc(N(C)CCN(C)C)c2)n1. The summed E-state index contributed by atoms with van der Waals surface area (Å²) in [6.45, 7) is 5.97. The fraction of sp³-hybridized carbons (Fsp3) is 0.533. The van der Waals surface area contributed by atoms with Crippen LogP contribution in [0.3, 0.4) is 0 Å². The van der Waals surface area contributed by atoms with E-state index in [-0.39, 0.29) is 5.92 Å². The Bertz CT molecular complexity index is 579. The molecule has 21 heavy (non-hydrogen) atoms. The molecule has 2 heterocycles. The van der Waals surface area contributed by atoms with Gasteiger partial charge in [-0.25, -0.2) is 4.98 Å². The summed E-state index contributed by atoms with van der Waals surface area (Å²) in [6, 6.07) is 3.87. The number of hydrogen-bond acceptors (Lipinski definition) is 6. The average molecular weight is 289 g/mol. The molecule has 0 N–H and O–H groups in total. The molecule has 6 nitrogen and oxygen atoms in total. The molecule has 0 aliphatic carbocycles. The van der Waals surface area contributed by atoms with Gasteiger partial charge in [0.15, 0.2) is 5.82 Å². The Morgan fingerprint density at radius 1 is 1.19 bits per heavy atom. The van der Waals surface area contributed by atoms with Crippen molar-refractivity contribution in [2.45, 2.75) is 19.8 Å². The van der Waals surface area contributed by atoms with Crippen LogP contribution in [0.1, 0.15) is 25.6 Å². The van der Waals surface area contributed by atoms with Gasteiger partial charge in [-0.05, 0) is 26.2 Å². The van der Waals surface area contributed by atoms with Crippen LogP contribution in [0.4, 0.5) is 5.82 Å². The van der Waals surface area contributed by atoms with Gasteiger partial charge in [0.2, 0.25) is 0 Å². The highest BCUT2D eigenvalue weighted by molar-refractivity contribution is 5.58. The van der Waals surface area contributed by atoms with Crippen molar-refractivity contribution in [3.8, 4) is 11.5 Å². The second-order valence-electron chi connectivity index (χ2n) is 5.74. The van der Waals surface area contributed by atoms with Crippen LogP contribution in [-0.2, 0) is 0 Å². The maximum absolute atomic E-state index is 5.33. The smallest absolute Gasteiger partial charge is 0.258 e. The molecule has 114 valence electrons. The minimum Gasteiger partial charge on any atom is -0.358 e. The highest BCUT2D eigenvalue weighted by atomic mass is 16.5. The first-order chi connectivity index (χ1) is 9.97. The summed E-state index contributed by atoms with van der Waals surface area (Å²) in [6.07, 6.45) is 1.77. The number of hydrogen-bond donors (Lipinski definition) is 0. The standard InChI is InChI=1S/C15H23N5O/c1-11(2)14-17-15(21-18-14)12-6-7-16-13(10-12)20(5)9-8-19(3)4/h6-7,10-11H,8-9H2,1-5H3. The Balaban J connectivity index is 2.16. The van der Waals surface area contributed by atoms with Gasteiger partial charge in [0.1, 0.15) is 5.82 Å². The third kappa shape index (κ3) is 4.01. The molecule has 0 fully saturated rings. The van der Waals surface area contributed by atoms with Gasteiger partial charge < -0.3 is 14.3 Å². The molecule has 0 bridgehead atoms. The van der Waals surface area contributed by atoms with Crippen LogP contribution in [0, 0.1) is 0 Å². The first kappa shape index (κ1) is 15.4. The van der Waals surface area contributed by atoms with Gasteiger partial charge in [-0.3, -0.25) is 0 Å². The highest BCUT2D eigenvalue weighted by Crippen LogP contribution is 2.22. The van der Waals surface area contributed by atoms with Crippen LogP contribution >= 0.6 is 0 Å². The van der Waals surface area contributed by atoms with E-state index in [0.717, 1.165) is 30.3 Å². The van der Waals surface area contributed by atoms with Gasteiger partial charge in [0.25, 0.3) is 5.89 Å². The largest absolute Gasteiger partial charge is 0.358 e. The van der Waals surface area contributed by atoms with Crippen LogP contribution in [0.25, 0.3) is 11.5 Å². The zero-order valence-electron chi connectivity index (χ0n) is 13.4. The molecule has 0 atom stereocenters. The molecule has 0 aliphatic rings. The second kappa shape index (κ2) is 6.67. The predicted molar refractivity (Wildman–Crippen MR) is 83.4 cm³/mol. The van der Waals surface area contributed by atoms with Crippen LogP contribution in [0.2, 0.25) is 0 Å². The van der Waals surface area contributed by atoms with Gasteiger partial charge in [0.05, 0.1) is 0 Å². The maximum atomic E-state index is 5.33. The van der Waals surface area contributed by atoms with Gasteiger partial charge >= 0.3 is 0 Å². The number of likely N-dealkylation sites (N-methyl/N-ethyl adjacent to an activating group) is 2. The summed E-state index contributed by atoms with van der Waals surface area (Å²) in [7, 11) is 6.15. The normalized spacial score (nSPS) is 11.4. The van der Waals surface area contributed by atoms with Crippen molar-refractivity contribution < 1.29 is 4.52 Å². The van der Waals surface area contributed by atoms with E-state index in [4.69, 9.17) is 4.52 Å². The number of pyridine rings is 1. The summed E-state index contributed by atoms with van der Waals surface area (Å²) >= 11 is 0. The molecule has 0 saturated heterocycles. The number of anilines is 1. The molecule has 0 unspecified atom stereocenters. The Kier molecular flexibility index (Phi) is 4.90. The monoisotopic (exact) mass is 289 g/mol. The van der Waals surface area contributed by atoms with E-state index in [1.807, 2.05) is 33.0 Å². The fourth-order valence-corrected chi connectivity index (χ4v) is 1.81. The van der Waals surface area contributed by atoms with E-state index >= 15 is 0 Å². The molecule has 2 aromatic rings. The van der Waals surface area contributed by atoms with Crippen LogP contribution < -0.4 is 4.90 Å². The van der Waals surface area contributed by atoms with Crippen molar-refractivity contribution in [1.82, 2.24) is 20.0 Å². The zero-order chi connectivity index (χ0) is 15.4. The van der Waals surface area contributed by atoms with Crippen molar-refractivity contribution in [2.24, 2.45) is 0 Å². The molecule has 0 radical (unpaired) electrons. The third-order valence-electron chi connectivity index (χ3n) is 3.22. The second-order valence-corrected chi connectivity index (χ2v) is 5.74. The first-order valence-electron chi connectivity index (χ1n) is 7.13. The fourth-order valence-electron chi connectivity index (χ4n) is 1.81. The van der Waals surface area contributed by atoms with Gasteiger partial charge in [-0.2, -0.15) is 4.98 Å². The lowest BCUT2D eigenvalue weighted by atomic mass is 10.2. The minimum atomic E-state index is 0.256. The first-order valence-corrected chi connectivity index (χ1v) is 7.13. The summed E-state index contributed by atoms with van der Waals surface area (Å²) < 4.78 is 5.33. The van der Waals surface area contributed by atoms with E-state index in [0.29, 0.717) is 5.89 Å². The number of aromatic nitrogens is 3. The number of rotatable bonds is 6. The van der Waals surface area contributed by atoms with Crippen molar-refractivity contribution in [2.75, 3.05) is 39.1 Å². The molecule has 2 rings (SSSR count). The molecule has 0 saturated carbocycles. The van der Waals surface area contributed by atoms with Crippen molar-refractivity contribution in [3.05, 3.63) is 24.2 Å². The Morgan fingerprint density at radius 3 is 2.57 bits per heavy atom. The summed E-state index contributed by atoms with van der Waals surface area (Å²) in [5.74, 6) is 2.43. The quantitative estimate of drug-likeness (QED) is 0.813. The molecule has 0 amide bonds. The van der Waals surface area contributed by atoms with Crippen molar-refractivity contribution in [1.29, 1.82) is 0 Å². The Morgan fingerprint density at radius 2 is 1.95 bits per heavy atom. The van der Waals surface area contributed by atoms with Crippen LogP contribution in [-0.4, -0.2) is 54.3 Å². The van der Waals surface area contributed by atoms with Crippen LogP contribution in [0.5, 0.6) is 0 Å². The van der Waals surface area contributed by atoms with Gasteiger partial charge in [-0.15, -0.1) is 0 Å². The lowest BCUT2D eigenvalue weighted by Gasteiger charge is -2.20. The van der Waals surface area contributed by atoms with E-state index in [1.165, 1.54) is 0 Å². The van der Waals surface area contributed by atoms with Gasteiger partial charge in [-0.1, -0.05) is 19.0 Å². The molecule has 6 heteroatoms. The highest BCUT2D eigenvalue weighted by Gasteiger charge is 2.13. The molecule has 0 aromatic carbocycles. The summed E-state index contributed by atoms with van der Waals surface area (Å²) in [4.78, 5) is 13.1. The van der Waals surface area contributed by atoms with E-state index < -0.39 is 0 Å². The van der Waals surface area contributed by atoms with E-state index in [2.05, 4.69) is 39.0 Å². The molecule has 2 aromatic heterocycles. The van der Waals surface area contributed by atoms with Crippen molar-refractivity contribution in [3.63, 3.8) is 0 Å². The lowest BCUT2D eigenvalue weighted by Crippen LogP contribution is -2.28. The third-order valence-corrected chi connectivity index (χ3v) is 3.22. The lowest BCUT2D eigenvalue weighted by molar-refractivity contribution is 0.416. The van der Waals surface area contributed by atoms with Crippen molar-refractivity contribution >= 4 is 5.82 Å². The molecule has 0 spiro atoms. The molecule has 0 aliphatic heterocycles.